The molecular formula is C14H18N4O2S. The number of nitrogens with zero attached hydrogens (tertiary/aromatic N) is 3. The van der Waals surface area contributed by atoms with Crippen molar-refractivity contribution < 1.29 is 4.79 Å². The molecule has 0 bridgehead atoms. The Hall–Kier alpha value is -2.02. The highest BCUT2D eigenvalue weighted by Gasteiger charge is 2.10. The Morgan fingerprint density at radius 3 is 2.57 bits per heavy atom. The molecule has 0 aliphatic carbocycles. The van der Waals surface area contributed by atoms with Crippen LogP contribution in [0.1, 0.15) is 29.7 Å². The molecule has 0 aliphatic heterocycles. The average Bonchev–Trinajstić information content (AvgIpc) is 2.81. The van der Waals surface area contributed by atoms with E-state index in [0.717, 1.165) is 29.2 Å². The fourth-order valence-electron chi connectivity index (χ4n) is 2.06. The number of carbonyl (C=O) groups is 1. The van der Waals surface area contributed by atoms with Crippen LogP contribution in [-0.2, 0) is 17.8 Å². The molecule has 0 aliphatic rings. The summed E-state index contributed by atoms with van der Waals surface area (Å²) < 4.78 is 1.80. The third kappa shape index (κ3) is 3.98. The molecule has 0 saturated heterocycles. The van der Waals surface area contributed by atoms with Gasteiger partial charge in [-0.2, -0.15) is 0 Å². The highest BCUT2D eigenvalue weighted by molar-refractivity contribution is 7.15. The van der Waals surface area contributed by atoms with Gasteiger partial charge in [0.1, 0.15) is 11.6 Å². The van der Waals surface area contributed by atoms with E-state index in [4.69, 9.17) is 0 Å². The minimum absolute atomic E-state index is 0.0463. The van der Waals surface area contributed by atoms with Crippen molar-refractivity contribution in [2.75, 3.05) is 5.32 Å². The van der Waals surface area contributed by atoms with Crippen LogP contribution < -0.4 is 10.7 Å². The lowest BCUT2D eigenvalue weighted by Crippen LogP contribution is -2.23. The van der Waals surface area contributed by atoms with E-state index < -0.39 is 0 Å². The third-order valence-corrected chi connectivity index (χ3v) is 3.93. The molecule has 0 aromatic carbocycles. The molecule has 0 saturated carbocycles. The van der Waals surface area contributed by atoms with Gasteiger partial charge in [0.25, 0.3) is 0 Å². The van der Waals surface area contributed by atoms with E-state index in [1.807, 2.05) is 13.8 Å². The van der Waals surface area contributed by atoms with Crippen molar-refractivity contribution in [3.63, 3.8) is 0 Å². The lowest BCUT2D eigenvalue weighted by Gasteiger charge is -2.13. The van der Waals surface area contributed by atoms with Crippen molar-refractivity contribution in [2.45, 2.75) is 40.2 Å². The molecule has 7 heteroatoms. The number of aryl methyl sites for hydroxylation is 3. The van der Waals surface area contributed by atoms with Gasteiger partial charge >= 0.3 is 0 Å². The summed E-state index contributed by atoms with van der Waals surface area (Å²) in [6.45, 7) is 5.85. The second-order valence-corrected chi connectivity index (χ2v) is 5.92. The van der Waals surface area contributed by atoms with Crippen LogP contribution in [0.5, 0.6) is 0 Å². The van der Waals surface area contributed by atoms with Crippen molar-refractivity contribution in [1.29, 1.82) is 0 Å². The number of carbonyl (C=O) groups excluding carboxylic acids is 1. The third-order valence-electron chi connectivity index (χ3n) is 3.03. The highest BCUT2D eigenvalue weighted by Crippen LogP contribution is 2.16. The molecule has 1 amide bonds. The average molecular weight is 306 g/mol. The zero-order valence-electron chi connectivity index (χ0n) is 12.3. The van der Waals surface area contributed by atoms with Gasteiger partial charge in [-0.15, -0.1) is 10.2 Å². The van der Waals surface area contributed by atoms with Crippen molar-refractivity contribution in [2.24, 2.45) is 0 Å². The fraction of sp³-hybridized carbons (Fsp3) is 0.429. The SMILES string of the molecule is CCCc1nnc(NC(=O)Cn2c(C)cc(=O)cc2C)s1. The number of anilines is 1. The van der Waals surface area contributed by atoms with Crippen molar-refractivity contribution in [1.82, 2.24) is 14.8 Å². The summed E-state index contributed by atoms with van der Waals surface area (Å²) in [7, 11) is 0. The lowest BCUT2D eigenvalue weighted by molar-refractivity contribution is -0.116. The van der Waals surface area contributed by atoms with Crippen LogP contribution >= 0.6 is 11.3 Å². The molecule has 2 aromatic heterocycles. The van der Waals surface area contributed by atoms with E-state index in [1.165, 1.54) is 23.5 Å². The molecule has 2 heterocycles. The topological polar surface area (TPSA) is 76.9 Å². The second-order valence-electron chi connectivity index (χ2n) is 4.86. The minimum atomic E-state index is -0.177. The first-order valence-electron chi connectivity index (χ1n) is 6.80. The van der Waals surface area contributed by atoms with Crippen LogP contribution in [0.4, 0.5) is 5.13 Å². The molecular weight excluding hydrogens is 288 g/mol. The first-order chi connectivity index (χ1) is 9.99. The molecule has 6 nitrogen and oxygen atoms in total. The van der Waals surface area contributed by atoms with E-state index in [-0.39, 0.29) is 17.9 Å². The standard InChI is InChI=1S/C14H18N4O2S/c1-4-5-13-16-17-14(21-13)15-12(20)8-18-9(2)6-11(19)7-10(18)3/h6-7H,4-5,8H2,1-3H3,(H,15,17,20). The largest absolute Gasteiger partial charge is 0.340 e. The maximum absolute atomic E-state index is 12.1. The van der Waals surface area contributed by atoms with Crippen molar-refractivity contribution in [3.8, 4) is 0 Å². The van der Waals surface area contributed by atoms with E-state index in [1.54, 1.807) is 4.57 Å². The molecule has 21 heavy (non-hydrogen) atoms. The number of nitrogens with one attached hydrogen (secondary N) is 1. The maximum Gasteiger partial charge on any atom is 0.246 e. The van der Waals surface area contributed by atoms with Gasteiger partial charge in [-0.05, 0) is 20.3 Å². The Kier molecular flexibility index (Phi) is 4.85. The minimum Gasteiger partial charge on any atom is -0.340 e. The molecule has 2 aromatic rings. The van der Waals surface area contributed by atoms with Crippen molar-refractivity contribution >= 4 is 22.4 Å². The van der Waals surface area contributed by atoms with Crippen LogP contribution in [0.2, 0.25) is 0 Å². The first-order valence-corrected chi connectivity index (χ1v) is 7.61. The monoisotopic (exact) mass is 306 g/mol. The predicted octanol–water partition coefficient (Wildman–Crippen LogP) is 1.91. The van der Waals surface area contributed by atoms with Crippen LogP contribution in [0.15, 0.2) is 16.9 Å². The summed E-state index contributed by atoms with van der Waals surface area (Å²) in [5, 5.41) is 12.1. The summed E-state index contributed by atoms with van der Waals surface area (Å²) >= 11 is 1.39. The van der Waals surface area contributed by atoms with Crippen LogP contribution in [-0.4, -0.2) is 20.7 Å². The molecule has 112 valence electrons. The Labute approximate surface area is 126 Å². The van der Waals surface area contributed by atoms with Gasteiger partial charge < -0.3 is 4.57 Å². The Morgan fingerprint density at radius 1 is 1.29 bits per heavy atom. The number of amides is 1. The normalized spacial score (nSPS) is 10.6. The summed E-state index contributed by atoms with van der Waals surface area (Å²) in [6, 6.07) is 3.04. The van der Waals surface area contributed by atoms with Crippen LogP contribution in [0, 0.1) is 13.8 Å². The highest BCUT2D eigenvalue weighted by atomic mass is 32.1. The van der Waals surface area contributed by atoms with E-state index in [2.05, 4.69) is 22.4 Å². The maximum atomic E-state index is 12.1. The van der Waals surface area contributed by atoms with Crippen LogP contribution in [0.25, 0.3) is 0 Å². The van der Waals surface area contributed by atoms with Crippen molar-refractivity contribution in [3.05, 3.63) is 38.8 Å². The Balaban J connectivity index is 2.06. The van der Waals surface area contributed by atoms with Crippen LogP contribution in [0.3, 0.4) is 0 Å². The Bertz CT molecular complexity index is 679. The molecule has 0 unspecified atom stereocenters. The van der Waals surface area contributed by atoms with Gasteiger partial charge in [0.05, 0.1) is 0 Å². The number of aromatic nitrogens is 3. The summed E-state index contributed by atoms with van der Waals surface area (Å²) in [5.74, 6) is -0.177. The quantitative estimate of drug-likeness (QED) is 0.915. The van der Waals surface area contributed by atoms with E-state index in [0.29, 0.717) is 5.13 Å². The number of rotatable bonds is 5. The van der Waals surface area contributed by atoms with Gasteiger partial charge in [0.15, 0.2) is 5.43 Å². The molecule has 0 fully saturated rings. The zero-order chi connectivity index (χ0) is 15.4. The summed E-state index contributed by atoms with van der Waals surface area (Å²) in [5.41, 5.74) is 1.48. The van der Waals surface area contributed by atoms with Gasteiger partial charge in [-0.3, -0.25) is 14.9 Å². The zero-order valence-corrected chi connectivity index (χ0v) is 13.2. The summed E-state index contributed by atoms with van der Waals surface area (Å²) in [6.07, 6.45) is 1.86. The smallest absolute Gasteiger partial charge is 0.246 e. The summed E-state index contributed by atoms with van der Waals surface area (Å²) in [4.78, 5) is 23.4. The molecule has 0 radical (unpaired) electrons. The predicted molar refractivity (Wildman–Crippen MR) is 82.7 cm³/mol. The van der Waals surface area contributed by atoms with Gasteiger partial charge in [-0.25, -0.2) is 0 Å². The molecule has 0 spiro atoms. The lowest BCUT2D eigenvalue weighted by atomic mass is 10.3. The fourth-order valence-corrected chi connectivity index (χ4v) is 2.92. The number of pyridine rings is 1. The number of hydrogen-bond donors (Lipinski definition) is 1. The van der Waals surface area contributed by atoms with Gasteiger partial charge in [0.2, 0.25) is 11.0 Å². The van der Waals surface area contributed by atoms with E-state index >= 15 is 0 Å². The van der Waals surface area contributed by atoms with E-state index in [9.17, 15) is 9.59 Å². The Morgan fingerprint density at radius 2 is 1.95 bits per heavy atom. The molecule has 0 atom stereocenters. The van der Waals surface area contributed by atoms with Gasteiger partial charge in [0, 0.05) is 29.9 Å². The molecule has 2 rings (SSSR count). The number of hydrogen-bond acceptors (Lipinski definition) is 5. The second kappa shape index (κ2) is 6.62. The van der Waals surface area contributed by atoms with Gasteiger partial charge in [-0.1, -0.05) is 18.3 Å². The first kappa shape index (κ1) is 15.4. The molecule has 1 N–H and O–H groups in total.